The first kappa shape index (κ1) is 12.2. The second-order valence-electron chi connectivity index (χ2n) is 6.44. The van der Waals surface area contributed by atoms with E-state index in [0.717, 1.165) is 24.3 Å². The molecule has 1 aromatic rings. The van der Waals surface area contributed by atoms with E-state index in [0.29, 0.717) is 0 Å². The number of fused-ring (bicyclic) bond motifs is 2. The standard InChI is InChI=1S/C17H25N/c1-12-4-3-5-13(2)17(12)11-18-10-16-9-14-6-7-15(16)8-14/h3-5,14-16,18H,6-11H2,1-2H3. The van der Waals surface area contributed by atoms with Crippen molar-refractivity contribution < 1.29 is 0 Å². The molecule has 3 rings (SSSR count). The molecule has 0 amide bonds. The van der Waals surface area contributed by atoms with Crippen LogP contribution in [0.3, 0.4) is 0 Å². The third-order valence-corrected chi connectivity index (χ3v) is 5.24. The molecule has 2 saturated carbocycles. The fourth-order valence-electron chi connectivity index (χ4n) is 4.14. The van der Waals surface area contributed by atoms with Gasteiger partial charge in [0.1, 0.15) is 0 Å². The van der Waals surface area contributed by atoms with Crippen molar-refractivity contribution in [2.45, 2.75) is 46.1 Å². The Morgan fingerprint density at radius 2 is 1.89 bits per heavy atom. The van der Waals surface area contributed by atoms with Gasteiger partial charge in [0.15, 0.2) is 0 Å². The summed E-state index contributed by atoms with van der Waals surface area (Å²) < 4.78 is 0. The molecule has 2 aliphatic rings. The SMILES string of the molecule is Cc1cccc(C)c1CNCC1CC2CCC1C2. The van der Waals surface area contributed by atoms with Gasteiger partial charge in [-0.2, -0.15) is 0 Å². The van der Waals surface area contributed by atoms with E-state index in [1.54, 1.807) is 0 Å². The maximum Gasteiger partial charge on any atom is 0.0210 e. The summed E-state index contributed by atoms with van der Waals surface area (Å²) in [6.45, 7) is 6.73. The third kappa shape index (κ3) is 2.33. The van der Waals surface area contributed by atoms with Gasteiger partial charge in [-0.15, -0.1) is 0 Å². The highest BCUT2D eigenvalue weighted by Crippen LogP contribution is 2.47. The Bertz CT molecular complexity index is 403. The lowest BCUT2D eigenvalue weighted by molar-refractivity contribution is 0.318. The van der Waals surface area contributed by atoms with E-state index in [1.165, 1.54) is 48.9 Å². The van der Waals surface area contributed by atoms with E-state index in [4.69, 9.17) is 0 Å². The first-order chi connectivity index (χ1) is 8.74. The van der Waals surface area contributed by atoms with E-state index in [1.807, 2.05) is 0 Å². The normalized spacial score (nSPS) is 30.0. The predicted molar refractivity (Wildman–Crippen MR) is 76.6 cm³/mol. The van der Waals surface area contributed by atoms with Gasteiger partial charge >= 0.3 is 0 Å². The van der Waals surface area contributed by atoms with Crippen molar-refractivity contribution in [3.05, 3.63) is 34.9 Å². The lowest BCUT2D eigenvalue weighted by Crippen LogP contribution is -2.26. The average Bonchev–Trinajstić information content (AvgIpc) is 2.95. The van der Waals surface area contributed by atoms with Crippen molar-refractivity contribution in [3.8, 4) is 0 Å². The Balaban J connectivity index is 1.53. The summed E-state index contributed by atoms with van der Waals surface area (Å²) in [5.41, 5.74) is 4.35. The van der Waals surface area contributed by atoms with Crippen molar-refractivity contribution in [2.24, 2.45) is 17.8 Å². The van der Waals surface area contributed by atoms with Crippen molar-refractivity contribution in [2.75, 3.05) is 6.54 Å². The van der Waals surface area contributed by atoms with E-state index < -0.39 is 0 Å². The number of hydrogen-bond acceptors (Lipinski definition) is 1. The van der Waals surface area contributed by atoms with Crippen LogP contribution < -0.4 is 5.32 Å². The molecule has 1 heteroatoms. The topological polar surface area (TPSA) is 12.0 Å². The lowest BCUT2D eigenvalue weighted by atomic mass is 9.89. The van der Waals surface area contributed by atoms with Gasteiger partial charge in [-0.25, -0.2) is 0 Å². The summed E-state index contributed by atoms with van der Waals surface area (Å²) in [5.74, 6) is 3.08. The van der Waals surface area contributed by atoms with Crippen LogP contribution in [0, 0.1) is 31.6 Å². The van der Waals surface area contributed by atoms with Crippen LogP contribution in [0.2, 0.25) is 0 Å². The molecule has 3 atom stereocenters. The maximum atomic E-state index is 3.71. The van der Waals surface area contributed by atoms with Crippen molar-refractivity contribution >= 4 is 0 Å². The van der Waals surface area contributed by atoms with E-state index in [-0.39, 0.29) is 0 Å². The average molecular weight is 243 g/mol. The van der Waals surface area contributed by atoms with Gasteiger partial charge in [0.2, 0.25) is 0 Å². The molecule has 98 valence electrons. The van der Waals surface area contributed by atoms with Crippen LogP contribution in [0.25, 0.3) is 0 Å². The van der Waals surface area contributed by atoms with Gasteiger partial charge in [-0.1, -0.05) is 24.6 Å². The summed E-state index contributed by atoms with van der Waals surface area (Å²) in [5, 5.41) is 3.71. The Morgan fingerprint density at radius 1 is 1.11 bits per heavy atom. The van der Waals surface area contributed by atoms with Crippen LogP contribution in [-0.2, 0) is 6.54 Å². The molecule has 0 saturated heterocycles. The molecule has 18 heavy (non-hydrogen) atoms. The lowest BCUT2D eigenvalue weighted by Gasteiger charge is -2.22. The first-order valence-electron chi connectivity index (χ1n) is 7.50. The monoisotopic (exact) mass is 243 g/mol. The van der Waals surface area contributed by atoms with Crippen LogP contribution in [-0.4, -0.2) is 6.54 Å². The van der Waals surface area contributed by atoms with Crippen LogP contribution in [0.15, 0.2) is 18.2 Å². The number of benzene rings is 1. The highest BCUT2D eigenvalue weighted by atomic mass is 14.9. The Hall–Kier alpha value is -0.820. The Kier molecular flexibility index (Phi) is 3.43. The summed E-state index contributed by atoms with van der Waals surface area (Å²) in [4.78, 5) is 0. The van der Waals surface area contributed by atoms with Gasteiger partial charge < -0.3 is 5.32 Å². The smallest absolute Gasteiger partial charge is 0.0210 e. The number of nitrogens with one attached hydrogen (secondary N) is 1. The largest absolute Gasteiger partial charge is 0.312 e. The van der Waals surface area contributed by atoms with Crippen molar-refractivity contribution in [1.82, 2.24) is 5.32 Å². The highest BCUT2D eigenvalue weighted by Gasteiger charge is 2.38. The molecule has 0 spiro atoms. The molecule has 2 aliphatic carbocycles. The van der Waals surface area contributed by atoms with Crippen molar-refractivity contribution in [1.29, 1.82) is 0 Å². The second kappa shape index (κ2) is 5.05. The quantitative estimate of drug-likeness (QED) is 0.847. The molecule has 1 aromatic carbocycles. The third-order valence-electron chi connectivity index (χ3n) is 5.24. The fraction of sp³-hybridized carbons (Fsp3) is 0.647. The zero-order chi connectivity index (χ0) is 12.5. The molecule has 0 aliphatic heterocycles. The second-order valence-corrected chi connectivity index (χ2v) is 6.44. The van der Waals surface area contributed by atoms with Crippen LogP contribution in [0.4, 0.5) is 0 Å². The Morgan fingerprint density at radius 3 is 2.50 bits per heavy atom. The minimum atomic E-state index is 0.966. The highest BCUT2D eigenvalue weighted by molar-refractivity contribution is 5.33. The fourth-order valence-corrected chi connectivity index (χ4v) is 4.14. The maximum absolute atomic E-state index is 3.71. The van der Waals surface area contributed by atoms with Crippen molar-refractivity contribution in [3.63, 3.8) is 0 Å². The van der Waals surface area contributed by atoms with Crippen LogP contribution in [0.1, 0.15) is 42.4 Å². The molecule has 0 heterocycles. The molecule has 2 fully saturated rings. The van der Waals surface area contributed by atoms with Gasteiger partial charge in [0.25, 0.3) is 0 Å². The summed E-state index contributed by atoms with van der Waals surface area (Å²) in [6, 6.07) is 6.60. The zero-order valence-electron chi connectivity index (χ0n) is 11.7. The minimum absolute atomic E-state index is 0.966. The van der Waals surface area contributed by atoms with Gasteiger partial charge in [-0.05, 0) is 74.1 Å². The first-order valence-corrected chi connectivity index (χ1v) is 7.50. The van der Waals surface area contributed by atoms with Gasteiger partial charge in [0, 0.05) is 6.54 Å². The summed E-state index contributed by atoms with van der Waals surface area (Å²) in [6.07, 6.45) is 6.03. The van der Waals surface area contributed by atoms with E-state index in [9.17, 15) is 0 Å². The molecule has 3 unspecified atom stereocenters. The molecular formula is C17H25N. The molecule has 0 radical (unpaired) electrons. The Labute approximate surface area is 111 Å². The van der Waals surface area contributed by atoms with Crippen LogP contribution >= 0.6 is 0 Å². The van der Waals surface area contributed by atoms with E-state index in [2.05, 4.69) is 37.4 Å². The van der Waals surface area contributed by atoms with Gasteiger partial charge in [-0.3, -0.25) is 0 Å². The summed E-state index contributed by atoms with van der Waals surface area (Å²) >= 11 is 0. The van der Waals surface area contributed by atoms with Crippen LogP contribution in [0.5, 0.6) is 0 Å². The van der Waals surface area contributed by atoms with Gasteiger partial charge in [0.05, 0.1) is 0 Å². The predicted octanol–water partition coefficient (Wildman–Crippen LogP) is 3.83. The molecule has 0 aromatic heterocycles. The molecule has 2 bridgehead atoms. The summed E-state index contributed by atoms with van der Waals surface area (Å²) in [7, 11) is 0. The minimum Gasteiger partial charge on any atom is -0.312 e. The van der Waals surface area contributed by atoms with E-state index >= 15 is 0 Å². The number of hydrogen-bond donors (Lipinski definition) is 1. The molecular weight excluding hydrogens is 218 g/mol. The number of aryl methyl sites for hydroxylation is 2. The molecule has 1 N–H and O–H groups in total. The number of rotatable bonds is 4. The molecule has 1 nitrogen and oxygen atoms in total. The zero-order valence-corrected chi connectivity index (χ0v) is 11.7.